The van der Waals surface area contributed by atoms with E-state index in [4.69, 9.17) is 9.90 Å². The fourth-order valence-electron chi connectivity index (χ4n) is 0. The van der Waals surface area contributed by atoms with E-state index in [0.29, 0.717) is 0 Å². The predicted molar refractivity (Wildman–Crippen MR) is 16.6 cm³/mol. The van der Waals surface area contributed by atoms with Gasteiger partial charge in [0.15, 0.2) is 0 Å². The summed E-state index contributed by atoms with van der Waals surface area (Å²) >= 11 is -4.39. The van der Waals surface area contributed by atoms with Gasteiger partial charge in [0.2, 0.25) is 0 Å². The normalized spacial score (nSPS) is 8.75. The van der Waals surface area contributed by atoms with Crippen LogP contribution in [0.3, 0.4) is 0 Å². The molecule has 0 amide bonds. The average molecular weight is 225 g/mol. The molecular weight excluding hydrogens is 221 g/mol. The van der Waals surface area contributed by atoms with Gasteiger partial charge in [-0.2, -0.15) is 0 Å². The maximum atomic E-state index is 9.77. The van der Waals surface area contributed by atoms with Crippen molar-refractivity contribution in [2.45, 2.75) is 6.92 Å². The molecule has 0 aliphatic carbocycles. The van der Waals surface area contributed by atoms with E-state index >= 15 is 0 Å². The molecule has 8 heavy (non-hydrogen) atoms. The van der Waals surface area contributed by atoms with E-state index in [1.807, 2.05) is 0 Å². The van der Waals surface area contributed by atoms with Crippen molar-refractivity contribution in [1.82, 2.24) is 0 Å². The second-order valence-corrected chi connectivity index (χ2v) is 1.28. The van der Waals surface area contributed by atoms with Crippen LogP contribution in [0, 0.1) is 0 Å². The van der Waals surface area contributed by atoms with Crippen LogP contribution >= 0.6 is 0 Å². The van der Waals surface area contributed by atoms with Gasteiger partial charge in [0.1, 0.15) is 0 Å². The van der Waals surface area contributed by atoms with E-state index in [9.17, 15) is 9.07 Å². The number of carbonyl (C=O) groups is 1. The Morgan fingerprint density at radius 3 is 1.50 bits per heavy atom. The first-order chi connectivity index (χ1) is 3.46. The fraction of sp³-hybridized carbons (Fsp3) is 0.500. The molecule has 0 fully saturated rings. The molecule has 0 spiro atoms. The van der Waals surface area contributed by atoms with Gasteiger partial charge < -0.3 is 5.11 Å². The zero-order valence-corrected chi connectivity index (χ0v) is 5.27. The second-order valence-electron chi connectivity index (χ2n) is 0.648. The number of hydrogen-bond acceptors (Lipinski definition) is 1. The molecule has 0 unspecified atom stereocenters. The van der Waals surface area contributed by atoms with Gasteiger partial charge in [-0.25, -0.2) is 0 Å². The van der Waals surface area contributed by atoms with E-state index in [1.165, 1.54) is 0 Å². The minimum absolute atomic E-state index is 0.833. The van der Waals surface area contributed by atoms with Crippen molar-refractivity contribution in [1.29, 1.82) is 0 Å². The molecule has 0 aliphatic rings. The van der Waals surface area contributed by atoms with Gasteiger partial charge in [0, 0.05) is 6.92 Å². The Morgan fingerprint density at radius 1 is 1.50 bits per heavy atom. The zero-order chi connectivity index (χ0) is 7.15. The molecule has 0 aromatic carbocycles. The molecule has 0 heterocycles. The monoisotopic (exact) mass is 224 g/mol. The van der Waals surface area contributed by atoms with Crippen LogP contribution < -0.4 is 0 Å². The summed E-state index contributed by atoms with van der Waals surface area (Å²) in [5.41, 5.74) is 0. The van der Waals surface area contributed by atoms with Gasteiger partial charge in [-0.05, 0) is 0 Å². The molecule has 0 saturated heterocycles. The van der Waals surface area contributed by atoms with Crippen molar-refractivity contribution < 1.29 is 39.1 Å². The summed E-state index contributed by atoms with van der Waals surface area (Å²) in [5.74, 6) is -0.833. The number of halogens is 3. The van der Waals surface area contributed by atoms with Gasteiger partial charge >= 0.3 is 29.2 Å². The molecule has 0 radical (unpaired) electrons. The quantitative estimate of drug-likeness (QED) is 0.631. The molecular formula is C2H4AgF3O2. The second kappa shape index (κ2) is 7.00. The third kappa shape index (κ3) is 2220000000. The zero-order valence-electron chi connectivity index (χ0n) is 3.79. The maximum absolute atomic E-state index is 9.77. The van der Waals surface area contributed by atoms with E-state index < -0.39 is 26.1 Å². The van der Waals surface area contributed by atoms with Crippen molar-refractivity contribution in [2.24, 2.45) is 0 Å². The summed E-state index contributed by atoms with van der Waals surface area (Å²) in [7, 11) is 0. The third-order valence-electron chi connectivity index (χ3n) is 0. The van der Waals surface area contributed by atoms with Crippen molar-refractivity contribution in [3.63, 3.8) is 0 Å². The van der Waals surface area contributed by atoms with Crippen LogP contribution in [0.15, 0.2) is 0 Å². The first kappa shape index (κ1) is 10.9. The molecule has 6 heteroatoms. The molecule has 0 aromatic heterocycles. The summed E-state index contributed by atoms with van der Waals surface area (Å²) in [6.45, 7) is 1.08. The molecule has 2 nitrogen and oxygen atoms in total. The SMILES string of the molecule is CC(=O)O.[F][Ag]([F])[F]. The summed E-state index contributed by atoms with van der Waals surface area (Å²) in [5, 5.41) is 7.42. The molecule has 0 atom stereocenters. The summed E-state index contributed by atoms with van der Waals surface area (Å²) < 4.78 is 29.3. The van der Waals surface area contributed by atoms with Crippen molar-refractivity contribution in [3.8, 4) is 0 Å². The van der Waals surface area contributed by atoms with Crippen molar-refractivity contribution in [3.05, 3.63) is 0 Å². The molecule has 0 rings (SSSR count). The Labute approximate surface area is 52.5 Å². The molecule has 0 bridgehead atoms. The van der Waals surface area contributed by atoms with Crippen LogP contribution in [0.4, 0.5) is 9.07 Å². The van der Waals surface area contributed by atoms with Crippen molar-refractivity contribution in [2.75, 3.05) is 0 Å². The van der Waals surface area contributed by atoms with Gasteiger partial charge in [-0.15, -0.1) is 0 Å². The average Bonchev–Trinajstić information content (AvgIpc) is 1.25. The fourth-order valence-corrected chi connectivity index (χ4v) is 0. The van der Waals surface area contributed by atoms with E-state index in [2.05, 4.69) is 0 Å². The Balaban J connectivity index is 0. The van der Waals surface area contributed by atoms with Crippen LogP contribution in [0.25, 0.3) is 0 Å². The number of rotatable bonds is 0. The van der Waals surface area contributed by atoms with E-state index in [-0.39, 0.29) is 0 Å². The summed E-state index contributed by atoms with van der Waals surface area (Å²) in [6, 6.07) is 0. The van der Waals surface area contributed by atoms with E-state index in [1.54, 1.807) is 0 Å². The summed E-state index contributed by atoms with van der Waals surface area (Å²) in [4.78, 5) is 9.00. The topological polar surface area (TPSA) is 37.3 Å². The molecule has 0 aromatic rings. The standard InChI is InChI=1S/C2H4O2.Ag.3FH/c1-2(3)4;;;;/h1H3,(H,3,4);;3*1H/q;+3;;;/p-3. The molecule has 0 saturated carbocycles. The first-order valence-corrected chi connectivity index (χ1v) is 2.95. The predicted octanol–water partition coefficient (Wildman–Crippen LogP) is 1.35. The molecule has 0 aliphatic heterocycles. The van der Waals surface area contributed by atoms with Crippen LogP contribution in [0.5, 0.6) is 0 Å². The number of carboxylic acid groups (broad SMARTS) is 1. The molecule has 56 valence electrons. The van der Waals surface area contributed by atoms with Crippen molar-refractivity contribution >= 4 is 5.97 Å². The van der Waals surface area contributed by atoms with Gasteiger partial charge in [-0.1, -0.05) is 0 Å². The Morgan fingerprint density at radius 2 is 1.50 bits per heavy atom. The number of aliphatic carboxylic acids is 1. The number of carboxylic acids is 1. The number of hydrogen-bond donors (Lipinski definition) is 1. The minimum atomic E-state index is -4.39. The Bertz CT molecular complexity index is 59.5. The van der Waals surface area contributed by atoms with E-state index in [0.717, 1.165) is 6.92 Å². The Kier molecular flexibility index (Phi) is 9.53. The summed E-state index contributed by atoms with van der Waals surface area (Å²) in [6.07, 6.45) is 0. The van der Waals surface area contributed by atoms with Gasteiger partial charge in [0.25, 0.3) is 5.97 Å². The van der Waals surface area contributed by atoms with Gasteiger partial charge in [0.05, 0.1) is 0 Å². The van der Waals surface area contributed by atoms with Crippen LogP contribution in [-0.4, -0.2) is 11.1 Å². The molecule has 1 N–H and O–H groups in total. The van der Waals surface area contributed by atoms with Crippen LogP contribution in [-0.2, 0) is 24.9 Å². The first-order valence-electron chi connectivity index (χ1n) is 1.27. The third-order valence-corrected chi connectivity index (χ3v) is 0. The van der Waals surface area contributed by atoms with Crippen LogP contribution in [0.1, 0.15) is 6.92 Å². The van der Waals surface area contributed by atoms with Crippen LogP contribution in [0.2, 0.25) is 0 Å². The van der Waals surface area contributed by atoms with Gasteiger partial charge in [-0.3, -0.25) is 4.79 Å². The Hall–Kier alpha value is 0.000260.